The Balaban J connectivity index is 2.03. The third-order valence-corrected chi connectivity index (χ3v) is 4.43. The normalized spacial score (nSPS) is 12.1. The minimum atomic E-state index is -0.362. The lowest BCUT2D eigenvalue weighted by Crippen LogP contribution is -2.28. The molecule has 0 aliphatic carbocycles. The maximum atomic E-state index is 12.2. The standard InChI is InChI=1S/C20H24ClN5O2S/c1-13(21)24-17(9-10-22)28-15-8-6-5-7-14(15)11-23-18(27)26-19-25-16(12-29-19)20(2,3)4/h5-10,12H,1,11,22H2,2-4H3,(H2,23,25,26,27)/b10-9-,24-17+. The third kappa shape index (κ3) is 7.24. The van der Waals surface area contributed by atoms with E-state index in [1.54, 1.807) is 6.07 Å². The first-order chi connectivity index (χ1) is 13.7. The number of aromatic nitrogens is 1. The van der Waals surface area contributed by atoms with Crippen molar-refractivity contribution < 1.29 is 9.53 Å². The van der Waals surface area contributed by atoms with Gasteiger partial charge in [-0.25, -0.2) is 14.8 Å². The molecule has 1 heterocycles. The molecule has 0 aliphatic rings. The Bertz CT molecular complexity index is 931. The lowest BCUT2D eigenvalue weighted by molar-refractivity contribution is 0.251. The van der Waals surface area contributed by atoms with E-state index in [0.717, 1.165) is 11.3 Å². The summed E-state index contributed by atoms with van der Waals surface area (Å²) in [5.41, 5.74) is 7.01. The minimum Gasteiger partial charge on any atom is -0.439 e. The molecule has 29 heavy (non-hydrogen) atoms. The summed E-state index contributed by atoms with van der Waals surface area (Å²) in [6.07, 6.45) is 2.74. The highest BCUT2D eigenvalue weighted by Crippen LogP contribution is 2.26. The van der Waals surface area contributed by atoms with Crippen molar-refractivity contribution in [1.29, 1.82) is 0 Å². The predicted octanol–water partition coefficient (Wildman–Crippen LogP) is 4.72. The summed E-state index contributed by atoms with van der Waals surface area (Å²) in [4.78, 5) is 20.7. The van der Waals surface area contributed by atoms with E-state index in [2.05, 4.69) is 48.0 Å². The van der Waals surface area contributed by atoms with Crippen molar-refractivity contribution >= 4 is 40.0 Å². The fourth-order valence-electron chi connectivity index (χ4n) is 2.15. The number of aliphatic imine (C=N–C) groups is 1. The van der Waals surface area contributed by atoms with Gasteiger partial charge in [-0.15, -0.1) is 11.3 Å². The van der Waals surface area contributed by atoms with E-state index in [4.69, 9.17) is 22.1 Å². The van der Waals surface area contributed by atoms with Gasteiger partial charge in [0.15, 0.2) is 5.13 Å². The summed E-state index contributed by atoms with van der Waals surface area (Å²) < 4.78 is 5.74. The number of nitrogens with one attached hydrogen (secondary N) is 2. The molecule has 0 aliphatic heterocycles. The Labute approximate surface area is 179 Å². The van der Waals surface area contributed by atoms with E-state index in [9.17, 15) is 4.79 Å². The third-order valence-electron chi connectivity index (χ3n) is 3.59. The van der Waals surface area contributed by atoms with Crippen LogP contribution >= 0.6 is 22.9 Å². The zero-order valence-corrected chi connectivity index (χ0v) is 18.1. The van der Waals surface area contributed by atoms with Gasteiger partial charge in [-0.2, -0.15) is 0 Å². The summed E-state index contributed by atoms with van der Waals surface area (Å²) in [6, 6.07) is 6.87. The Morgan fingerprint density at radius 3 is 2.76 bits per heavy atom. The second-order valence-electron chi connectivity index (χ2n) is 6.99. The zero-order valence-electron chi connectivity index (χ0n) is 16.5. The molecule has 154 valence electrons. The van der Waals surface area contributed by atoms with Gasteiger partial charge in [-0.3, -0.25) is 5.32 Å². The van der Waals surface area contributed by atoms with Gasteiger partial charge < -0.3 is 15.8 Å². The van der Waals surface area contributed by atoms with E-state index in [-0.39, 0.29) is 29.0 Å². The summed E-state index contributed by atoms with van der Waals surface area (Å²) >= 11 is 7.10. The van der Waals surface area contributed by atoms with Crippen molar-refractivity contribution in [3.8, 4) is 5.75 Å². The summed E-state index contributed by atoms with van der Waals surface area (Å²) in [5.74, 6) is 0.689. The molecule has 2 aromatic rings. The van der Waals surface area contributed by atoms with Gasteiger partial charge in [0.05, 0.1) is 5.69 Å². The van der Waals surface area contributed by atoms with Gasteiger partial charge in [-0.05, 0) is 12.3 Å². The number of ether oxygens (including phenoxy) is 1. The zero-order chi connectivity index (χ0) is 21.4. The molecular formula is C20H24ClN5O2S. The Hall–Kier alpha value is -2.84. The molecule has 2 amide bonds. The van der Waals surface area contributed by atoms with Gasteiger partial charge in [-0.1, -0.05) is 57.2 Å². The fraction of sp³-hybridized carbons (Fsp3) is 0.250. The highest BCUT2D eigenvalue weighted by molar-refractivity contribution is 7.13. The average molecular weight is 434 g/mol. The number of nitrogens with two attached hydrogens (primary N) is 1. The molecule has 9 heteroatoms. The number of anilines is 1. The van der Waals surface area contributed by atoms with Crippen molar-refractivity contribution in [3.63, 3.8) is 0 Å². The van der Waals surface area contributed by atoms with Crippen molar-refractivity contribution in [1.82, 2.24) is 10.3 Å². The highest BCUT2D eigenvalue weighted by Gasteiger charge is 2.18. The summed E-state index contributed by atoms with van der Waals surface area (Å²) in [6.45, 7) is 9.96. The van der Waals surface area contributed by atoms with Gasteiger partial charge in [0, 0.05) is 29.0 Å². The molecular weight excluding hydrogens is 410 g/mol. The topological polar surface area (TPSA) is 102 Å². The van der Waals surface area contributed by atoms with Gasteiger partial charge in [0.25, 0.3) is 0 Å². The van der Waals surface area contributed by atoms with Crippen molar-refractivity contribution in [2.24, 2.45) is 10.7 Å². The number of rotatable bonds is 6. The molecule has 0 spiro atoms. The number of hydrogen-bond donors (Lipinski definition) is 3. The second-order valence-corrected chi connectivity index (χ2v) is 8.29. The molecule has 4 N–H and O–H groups in total. The molecule has 7 nitrogen and oxygen atoms in total. The number of benzene rings is 1. The van der Waals surface area contributed by atoms with Crippen LogP contribution < -0.4 is 21.1 Å². The Kier molecular flexibility index (Phi) is 7.81. The van der Waals surface area contributed by atoms with Crippen molar-refractivity contribution in [2.45, 2.75) is 32.7 Å². The predicted molar refractivity (Wildman–Crippen MR) is 119 cm³/mol. The smallest absolute Gasteiger partial charge is 0.321 e. The van der Waals surface area contributed by atoms with Crippen LogP contribution in [-0.2, 0) is 12.0 Å². The first kappa shape index (κ1) is 22.4. The fourth-order valence-corrected chi connectivity index (χ4v) is 3.17. The number of thiazole rings is 1. The van der Waals surface area contributed by atoms with E-state index >= 15 is 0 Å². The van der Waals surface area contributed by atoms with Crippen LogP contribution in [0.1, 0.15) is 32.0 Å². The van der Waals surface area contributed by atoms with Crippen molar-refractivity contribution in [2.75, 3.05) is 5.32 Å². The van der Waals surface area contributed by atoms with Crippen LogP contribution in [0.15, 0.2) is 58.6 Å². The van der Waals surface area contributed by atoms with Crippen molar-refractivity contribution in [3.05, 3.63) is 64.9 Å². The quantitative estimate of drug-likeness (QED) is 0.348. The Morgan fingerprint density at radius 2 is 2.14 bits per heavy atom. The second kappa shape index (κ2) is 10.1. The molecule has 0 radical (unpaired) electrons. The lowest BCUT2D eigenvalue weighted by atomic mass is 9.93. The molecule has 0 saturated carbocycles. The van der Waals surface area contributed by atoms with E-state index in [1.165, 1.54) is 23.6 Å². The SMILES string of the molecule is C=C(Cl)/N=C(\C=C/N)Oc1ccccc1CNC(=O)Nc1nc(C(C)(C)C)cs1. The van der Waals surface area contributed by atoms with Gasteiger partial charge in [0.2, 0.25) is 5.90 Å². The number of urea groups is 1. The Morgan fingerprint density at radius 1 is 1.41 bits per heavy atom. The first-order valence-electron chi connectivity index (χ1n) is 8.77. The molecule has 0 unspecified atom stereocenters. The molecule has 2 rings (SSSR count). The number of halogens is 1. The molecule has 1 aromatic heterocycles. The number of nitrogens with zero attached hydrogens (tertiary/aromatic N) is 2. The lowest BCUT2D eigenvalue weighted by Gasteiger charge is -2.14. The van der Waals surface area contributed by atoms with Crippen LogP contribution in [0.3, 0.4) is 0 Å². The van der Waals surface area contributed by atoms with Crippen LogP contribution in [0, 0.1) is 0 Å². The molecule has 0 bridgehead atoms. The molecule has 0 atom stereocenters. The van der Waals surface area contributed by atoms with Crippen LogP contribution in [0.5, 0.6) is 5.75 Å². The average Bonchev–Trinajstić information content (AvgIpc) is 3.09. The number of carbonyl (C=O) groups is 1. The maximum Gasteiger partial charge on any atom is 0.321 e. The molecule has 0 fully saturated rings. The minimum absolute atomic E-state index is 0.0613. The maximum absolute atomic E-state index is 12.2. The van der Waals surface area contributed by atoms with E-state index in [1.807, 2.05) is 23.6 Å². The van der Waals surface area contributed by atoms with Crippen LogP contribution in [-0.4, -0.2) is 16.9 Å². The number of hydrogen-bond acceptors (Lipinski definition) is 6. The van der Waals surface area contributed by atoms with Gasteiger partial charge >= 0.3 is 6.03 Å². The summed E-state index contributed by atoms with van der Waals surface area (Å²) in [5, 5.41) is 8.08. The van der Waals surface area contributed by atoms with E-state index in [0.29, 0.717) is 10.9 Å². The van der Waals surface area contributed by atoms with Gasteiger partial charge in [0.1, 0.15) is 10.9 Å². The largest absolute Gasteiger partial charge is 0.439 e. The van der Waals surface area contributed by atoms with Crippen LogP contribution in [0.25, 0.3) is 0 Å². The highest BCUT2D eigenvalue weighted by atomic mass is 35.5. The number of carbonyl (C=O) groups excluding carboxylic acids is 1. The summed E-state index contributed by atoms with van der Waals surface area (Å²) in [7, 11) is 0. The van der Waals surface area contributed by atoms with Crippen LogP contribution in [0.2, 0.25) is 0 Å². The molecule has 0 saturated heterocycles. The van der Waals surface area contributed by atoms with E-state index < -0.39 is 0 Å². The number of para-hydroxylation sites is 1. The number of amides is 2. The monoisotopic (exact) mass is 433 g/mol. The van der Waals surface area contributed by atoms with Crippen LogP contribution in [0.4, 0.5) is 9.93 Å². The first-order valence-corrected chi connectivity index (χ1v) is 10.0. The molecule has 1 aromatic carbocycles.